The second-order valence-electron chi connectivity index (χ2n) is 9.61. The third-order valence-electron chi connectivity index (χ3n) is 7.10. The van der Waals surface area contributed by atoms with Crippen molar-refractivity contribution in [1.29, 1.82) is 5.26 Å². The van der Waals surface area contributed by atoms with Crippen LogP contribution in [0.2, 0.25) is 0 Å². The van der Waals surface area contributed by atoms with Crippen molar-refractivity contribution >= 4 is 11.8 Å². The molecule has 0 aromatic heterocycles. The fourth-order valence-corrected chi connectivity index (χ4v) is 5.78. The predicted molar refractivity (Wildman–Crippen MR) is 111 cm³/mol. The number of fused-ring (bicyclic) bond motifs is 4. The van der Waals surface area contributed by atoms with Gasteiger partial charge in [-0.3, -0.25) is 9.59 Å². The van der Waals surface area contributed by atoms with E-state index < -0.39 is 5.82 Å². The highest BCUT2D eigenvalue weighted by Gasteiger charge is 2.49. The maximum Gasteiger partial charge on any atom is 0.254 e. The van der Waals surface area contributed by atoms with Crippen LogP contribution in [0.1, 0.15) is 68.3 Å². The first-order valence-electron chi connectivity index (χ1n) is 11.2. The Morgan fingerprint density at radius 2 is 2.03 bits per heavy atom. The number of hydrogen-bond donors (Lipinski definition) is 0. The summed E-state index contributed by atoms with van der Waals surface area (Å²) in [5.74, 6) is 0.606. The summed E-state index contributed by atoms with van der Waals surface area (Å²) >= 11 is 0. The van der Waals surface area contributed by atoms with Gasteiger partial charge in [-0.25, -0.2) is 4.39 Å². The molecule has 3 heterocycles. The first kappa shape index (κ1) is 20.8. The molecule has 3 saturated heterocycles. The van der Waals surface area contributed by atoms with E-state index in [9.17, 15) is 14.0 Å². The molecule has 1 aromatic rings. The Morgan fingerprint density at radius 3 is 2.77 bits per heavy atom. The predicted octanol–water partition coefficient (Wildman–Crippen LogP) is 3.98. The number of rotatable bonds is 4. The van der Waals surface area contributed by atoms with E-state index in [1.165, 1.54) is 12.1 Å². The van der Waals surface area contributed by atoms with E-state index in [0.717, 1.165) is 38.2 Å². The zero-order chi connectivity index (χ0) is 21.4. The number of piperidine rings is 3. The Labute approximate surface area is 177 Å². The van der Waals surface area contributed by atoms with E-state index in [4.69, 9.17) is 5.26 Å². The highest BCUT2D eigenvalue weighted by atomic mass is 19.1. The molecule has 2 amide bonds. The van der Waals surface area contributed by atoms with Crippen molar-refractivity contribution in [1.82, 2.24) is 9.80 Å². The number of hydrogen-bond acceptors (Lipinski definition) is 3. The first-order chi connectivity index (χ1) is 14.4. The molecule has 6 heteroatoms. The Balaban J connectivity index is 1.60. The van der Waals surface area contributed by atoms with E-state index in [0.29, 0.717) is 25.4 Å². The summed E-state index contributed by atoms with van der Waals surface area (Å²) in [6, 6.07) is 6.16. The molecule has 0 unspecified atom stereocenters. The fraction of sp³-hybridized carbons (Fsp3) is 0.625. The minimum Gasteiger partial charge on any atom is -0.338 e. The van der Waals surface area contributed by atoms with Gasteiger partial charge in [0.05, 0.1) is 11.6 Å². The Hall–Kier alpha value is -2.42. The lowest BCUT2D eigenvalue weighted by molar-refractivity contribution is -0.152. The molecule has 0 N–H and O–H groups in total. The van der Waals surface area contributed by atoms with Crippen LogP contribution in [0.15, 0.2) is 18.2 Å². The van der Waals surface area contributed by atoms with E-state index in [2.05, 4.69) is 18.7 Å². The molecular weight excluding hydrogens is 381 g/mol. The van der Waals surface area contributed by atoms with Crippen LogP contribution in [0.3, 0.4) is 0 Å². The zero-order valence-corrected chi connectivity index (χ0v) is 17.8. The molecule has 5 nitrogen and oxygen atoms in total. The van der Waals surface area contributed by atoms with Crippen molar-refractivity contribution in [3.63, 3.8) is 0 Å². The second-order valence-corrected chi connectivity index (χ2v) is 9.61. The van der Waals surface area contributed by atoms with Crippen LogP contribution in [0.4, 0.5) is 4.39 Å². The lowest BCUT2D eigenvalue weighted by Crippen LogP contribution is -2.65. The van der Waals surface area contributed by atoms with Crippen molar-refractivity contribution in [2.45, 2.75) is 64.5 Å². The Kier molecular flexibility index (Phi) is 5.81. The highest BCUT2D eigenvalue weighted by molar-refractivity contribution is 5.94. The van der Waals surface area contributed by atoms with Gasteiger partial charge in [0.25, 0.3) is 5.91 Å². The molecule has 3 aliphatic rings. The van der Waals surface area contributed by atoms with Crippen molar-refractivity contribution in [2.75, 3.05) is 13.1 Å². The molecule has 1 aromatic carbocycles. The summed E-state index contributed by atoms with van der Waals surface area (Å²) in [5, 5.41) is 9.12. The van der Waals surface area contributed by atoms with E-state index >= 15 is 0 Å². The maximum absolute atomic E-state index is 13.9. The lowest BCUT2D eigenvalue weighted by Gasteiger charge is -2.56. The van der Waals surface area contributed by atoms with Gasteiger partial charge in [-0.05, 0) is 68.1 Å². The Morgan fingerprint density at radius 1 is 1.27 bits per heavy atom. The van der Waals surface area contributed by atoms with Crippen molar-refractivity contribution in [3.05, 3.63) is 35.1 Å². The lowest BCUT2D eigenvalue weighted by atomic mass is 9.70. The van der Waals surface area contributed by atoms with Crippen LogP contribution >= 0.6 is 0 Å². The number of amides is 2. The summed E-state index contributed by atoms with van der Waals surface area (Å²) in [6.45, 7) is 5.59. The number of nitrogens with zero attached hydrogens (tertiary/aromatic N) is 3. The van der Waals surface area contributed by atoms with Gasteiger partial charge in [0.1, 0.15) is 5.82 Å². The number of carbonyl (C=O) groups excluding carboxylic acids is 2. The smallest absolute Gasteiger partial charge is 0.254 e. The largest absolute Gasteiger partial charge is 0.338 e. The molecule has 4 rings (SSSR count). The van der Waals surface area contributed by atoms with Crippen LogP contribution in [-0.2, 0) is 4.79 Å². The molecular formula is C24H30FN3O2. The minimum absolute atomic E-state index is 0.161. The summed E-state index contributed by atoms with van der Waals surface area (Å²) in [7, 11) is 0. The molecule has 3 aliphatic heterocycles. The third kappa shape index (κ3) is 3.95. The molecule has 0 radical (unpaired) electrons. The zero-order valence-electron chi connectivity index (χ0n) is 17.8. The topological polar surface area (TPSA) is 64.4 Å². The standard InChI is InChI=1S/C24H30FN3O2/c1-15(2)6-7-22-19-10-18(21-4-3-5-23(29)28(21)22)13-27(14-19)24(30)17-8-16(12-26)9-20(25)11-17/h8-9,11,15,18-19,21-22H,3-7,10,13-14H2,1-2H3/t18-,19+,21+,22+/m1/s1. The van der Waals surface area contributed by atoms with Gasteiger partial charge in [0.2, 0.25) is 5.91 Å². The van der Waals surface area contributed by atoms with Gasteiger partial charge in [-0.15, -0.1) is 0 Å². The summed E-state index contributed by atoms with van der Waals surface area (Å²) < 4.78 is 13.9. The number of carbonyl (C=O) groups is 2. The van der Waals surface area contributed by atoms with Crippen molar-refractivity contribution < 1.29 is 14.0 Å². The van der Waals surface area contributed by atoms with E-state index in [1.807, 2.05) is 11.0 Å². The summed E-state index contributed by atoms with van der Waals surface area (Å²) in [4.78, 5) is 30.1. The van der Waals surface area contributed by atoms with Gasteiger partial charge in [-0.1, -0.05) is 13.8 Å². The minimum atomic E-state index is -0.562. The SMILES string of the molecule is CC(C)CC[C@H]1[C@H]2C[C@H](CN(C(=O)c3cc(F)cc(C#N)c3)C2)[C@@H]2CCCC(=O)N21. The molecule has 0 spiro atoms. The van der Waals surface area contributed by atoms with Crippen LogP contribution < -0.4 is 0 Å². The number of benzene rings is 1. The molecule has 4 atom stereocenters. The molecule has 2 bridgehead atoms. The van der Waals surface area contributed by atoms with Crippen LogP contribution in [-0.4, -0.2) is 46.8 Å². The summed E-state index contributed by atoms with van der Waals surface area (Å²) in [6.07, 6.45) is 5.64. The number of nitriles is 1. The molecule has 0 saturated carbocycles. The summed E-state index contributed by atoms with van der Waals surface area (Å²) in [5.41, 5.74) is 0.399. The van der Waals surface area contributed by atoms with Crippen molar-refractivity contribution in [3.8, 4) is 6.07 Å². The first-order valence-corrected chi connectivity index (χ1v) is 11.2. The average molecular weight is 412 g/mol. The van der Waals surface area contributed by atoms with Crippen LogP contribution in [0.5, 0.6) is 0 Å². The second kappa shape index (κ2) is 8.37. The normalized spacial score (nSPS) is 28.3. The molecule has 30 heavy (non-hydrogen) atoms. The fourth-order valence-electron chi connectivity index (χ4n) is 5.78. The van der Waals surface area contributed by atoms with Gasteiger partial charge in [0, 0.05) is 37.2 Å². The molecule has 3 fully saturated rings. The number of halogens is 1. The third-order valence-corrected chi connectivity index (χ3v) is 7.10. The maximum atomic E-state index is 13.9. The Bertz CT molecular complexity index is 878. The van der Waals surface area contributed by atoms with Crippen LogP contribution in [0, 0.1) is 34.9 Å². The van der Waals surface area contributed by atoms with Gasteiger partial charge in [-0.2, -0.15) is 5.26 Å². The molecule has 160 valence electrons. The average Bonchev–Trinajstić information content (AvgIpc) is 2.72. The van der Waals surface area contributed by atoms with E-state index in [1.54, 1.807) is 0 Å². The highest BCUT2D eigenvalue weighted by Crippen LogP contribution is 2.43. The van der Waals surface area contributed by atoms with Crippen molar-refractivity contribution in [2.24, 2.45) is 17.8 Å². The van der Waals surface area contributed by atoms with E-state index in [-0.39, 0.29) is 46.9 Å². The number of likely N-dealkylation sites (tertiary alicyclic amines) is 1. The quantitative estimate of drug-likeness (QED) is 0.753. The van der Waals surface area contributed by atoms with Crippen LogP contribution in [0.25, 0.3) is 0 Å². The van der Waals surface area contributed by atoms with Gasteiger partial charge >= 0.3 is 0 Å². The molecule has 0 aliphatic carbocycles. The van der Waals surface area contributed by atoms with Gasteiger partial charge < -0.3 is 9.80 Å². The monoisotopic (exact) mass is 411 g/mol. The van der Waals surface area contributed by atoms with Gasteiger partial charge in [0.15, 0.2) is 0 Å².